The Bertz CT molecular complexity index is 2340. The van der Waals surface area contributed by atoms with Crippen molar-refractivity contribution in [1.82, 2.24) is 23.9 Å². The summed E-state index contributed by atoms with van der Waals surface area (Å²) in [6.45, 7) is 5.86. The van der Waals surface area contributed by atoms with E-state index in [0.717, 1.165) is 29.7 Å². The van der Waals surface area contributed by atoms with E-state index in [4.69, 9.17) is 4.74 Å². The Morgan fingerprint density at radius 2 is 1.62 bits per heavy atom. The molecule has 9 nitrogen and oxygen atoms in total. The molecule has 0 saturated carbocycles. The van der Waals surface area contributed by atoms with Gasteiger partial charge in [0.15, 0.2) is 0 Å². The Kier molecular flexibility index (Phi) is 9.13. The minimum Gasteiger partial charge on any atom is -0.379 e. The van der Waals surface area contributed by atoms with E-state index in [-0.39, 0.29) is 17.9 Å². The fourth-order valence-corrected chi connectivity index (χ4v) is 7.72. The third-order valence-corrected chi connectivity index (χ3v) is 10.7. The summed E-state index contributed by atoms with van der Waals surface area (Å²) < 4.78 is 38.6. The van der Waals surface area contributed by atoms with Crippen LogP contribution in [0.25, 0.3) is 22.3 Å². The van der Waals surface area contributed by atoms with E-state index < -0.39 is 11.6 Å². The maximum atomic E-state index is 15.2. The number of aromatic nitrogens is 3. The zero-order valence-corrected chi connectivity index (χ0v) is 29.9. The number of morpholine rings is 1. The molecule has 0 bridgehead atoms. The van der Waals surface area contributed by atoms with E-state index in [0.29, 0.717) is 72.2 Å². The molecule has 2 amide bonds. The van der Waals surface area contributed by atoms with Crippen LogP contribution in [0.2, 0.25) is 0 Å². The van der Waals surface area contributed by atoms with E-state index >= 15 is 4.39 Å². The standard InChI is InChI=1S/C42H40F2N6O3/c1-27-36(42(52)50(32-11-8-30(43)9-12-32)33-22-29-14-16-46(2)40(29)45-25-33)24-38(47(27)3)37-23-31(44)10-13-35(37)41(51)49-17-15-28-6-4-5-7-34(28)39(49)26-48-18-20-53-21-19-48/h4-14,16,22-25,39H,15,17-21,26H2,1-3H3. The number of hydrogen-bond acceptors (Lipinski definition) is 5. The van der Waals surface area contributed by atoms with Gasteiger partial charge in [-0.3, -0.25) is 19.4 Å². The van der Waals surface area contributed by atoms with Crippen LogP contribution in [0.3, 0.4) is 0 Å². The first kappa shape index (κ1) is 34.4. The Hall–Kier alpha value is -5.65. The van der Waals surface area contributed by atoms with Crippen LogP contribution in [-0.4, -0.2) is 75.1 Å². The Morgan fingerprint density at radius 3 is 2.42 bits per heavy atom. The van der Waals surface area contributed by atoms with Crippen molar-refractivity contribution in [2.75, 3.05) is 44.3 Å². The van der Waals surface area contributed by atoms with E-state index in [1.54, 1.807) is 37.5 Å². The maximum Gasteiger partial charge on any atom is 0.264 e. The number of pyridine rings is 1. The monoisotopic (exact) mass is 714 g/mol. The molecule has 1 saturated heterocycles. The summed E-state index contributed by atoms with van der Waals surface area (Å²) in [5.41, 5.74) is 6.29. The van der Waals surface area contributed by atoms with Crippen LogP contribution in [0.15, 0.2) is 97.3 Å². The number of rotatable bonds is 7. The molecule has 0 spiro atoms. The lowest BCUT2D eigenvalue weighted by molar-refractivity contribution is 0.0201. The Balaban J connectivity index is 1.19. The Morgan fingerprint density at radius 1 is 0.868 bits per heavy atom. The number of benzene rings is 3. The molecule has 3 aromatic heterocycles. The van der Waals surface area contributed by atoms with Gasteiger partial charge in [0.25, 0.3) is 11.8 Å². The topological polar surface area (TPSA) is 75.8 Å². The van der Waals surface area contributed by atoms with Crippen molar-refractivity contribution in [3.8, 4) is 11.3 Å². The highest BCUT2D eigenvalue weighted by Gasteiger charge is 2.35. The molecule has 11 heteroatoms. The molecule has 8 rings (SSSR count). The number of hydrogen-bond donors (Lipinski definition) is 0. The summed E-state index contributed by atoms with van der Waals surface area (Å²) in [6.07, 6.45) is 4.23. The number of fused-ring (bicyclic) bond motifs is 2. The average Bonchev–Trinajstić information content (AvgIpc) is 3.69. The molecule has 2 aliphatic heterocycles. The predicted molar refractivity (Wildman–Crippen MR) is 200 cm³/mol. The lowest BCUT2D eigenvalue weighted by Crippen LogP contribution is -2.47. The van der Waals surface area contributed by atoms with Crippen LogP contribution in [0.5, 0.6) is 0 Å². The molecule has 1 fully saturated rings. The van der Waals surface area contributed by atoms with Gasteiger partial charge in [-0.2, -0.15) is 0 Å². The summed E-state index contributed by atoms with van der Waals surface area (Å²) in [6, 6.07) is 23.5. The molecule has 0 N–H and O–H groups in total. The Labute approximate surface area is 306 Å². The number of nitrogens with zero attached hydrogens (tertiary/aromatic N) is 6. The van der Waals surface area contributed by atoms with Crippen LogP contribution in [0.1, 0.15) is 43.6 Å². The maximum absolute atomic E-state index is 15.2. The van der Waals surface area contributed by atoms with Gasteiger partial charge < -0.3 is 18.8 Å². The second kappa shape index (κ2) is 14.1. The third kappa shape index (κ3) is 6.40. The van der Waals surface area contributed by atoms with Crippen molar-refractivity contribution >= 4 is 34.2 Å². The van der Waals surface area contributed by atoms with Crippen LogP contribution in [0, 0.1) is 18.6 Å². The molecule has 0 aliphatic carbocycles. The molecule has 5 heterocycles. The van der Waals surface area contributed by atoms with Crippen LogP contribution in [0.4, 0.5) is 20.2 Å². The fourth-order valence-electron chi connectivity index (χ4n) is 7.72. The van der Waals surface area contributed by atoms with Gasteiger partial charge in [-0.1, -0.05) is 24.3 Å². The number of anilines is 2. The number of aryl methyl sites for hydroxylation is 1. The molecular formula is C42H40F2N6O3. The molecule has 1 unspecified atom stereocenters. The van der Waals surface area contributed by atoms with Crippen molar-refractivity contribution in [3.63, 3.8) is 0 Å². The normalized spacial score (nSPS) is 16.2. The molecule has 1 atom stereocenters. The number of carbonyl (C=O) groups excluding carboxylic acids is 2. The van der Waals surface area contributed by atoms with Gasteiger partial charge >= 0.3 is 0 Å². The van der Waals surface area contributed by atoms with Crippen LogP contribution >= 0.6 is 0 Å². The largest absolute Gasteiger partial charge is 0.379 e. The van der Waals surface area contributed by atoms with E-state index in [1.165, 1.54) is 34.7 Å². The van der Waals surface area contributed by atoms with Gasteiger partial charge in [0, 0.05) is 80.1 Å². The van der Waals surface area contributed by atoms with Gasteiger partial charge in [0.05, 0.1) is 36.7 Å². The lowest BCUT2D eigenvalue weighted by Gasteiger charge is -2.41. The average molecular weight is 715 g/mol. The molecule has 0 radical (unpaired) electrons. The van der Waals surface area contributed by atoms with Crippen molar-refractivity contribution in [3.05, 3.63) is 137 Å². The molecular weight excluding hydrogens is 674 g/mol. The summed E-state index contributed by atoms with van der Waals surface area (Å²) >= 11 is 0. The second-order valence-electron chi connectivity index (χ2n) is 13.8. The van der Waals surface area contributed by atoms with E-state index in [1.807, 2.05) is 58.5 Å². The van der Waals surface area contributed by atoms with E-state index in [2.05, 4.69) is 22.0 Å². The van der Waals surface area contributed by atoms with E-state index in [9.17, 15) is 14.0 Å². The molecule has 6 aromatic rings. The smallest absolute Gasteiger partial charge is 0.264 e. The first-order valence-corrected chi connectivity index (χ1v) is 17.8. The van der Waals surface area contributed by atoms with Crippen molar-refractivity contribution in [1.29, 1.82) is 0 Å². The van der Waals surface area contributed by atoms with Gasteiger partial charge in [-0.15, -0.1) is 0 Å². The van der Waals surface area contributed by atoms with Gasteiger partial charge in [0.1, 0.15) is 17.3 Å². The highest BCUT2D eigenvalue weighted by molar-refractivity contribution is 6.13. The second-order valence-corrected chi connectivity index (χ2v) is 13.8. The van der Waals surface area contributed by atoms with Crippen molar-refractivity contribution < 1.29 is 23.1 Å². The first-order valence-electron chi connectivity index (χ1n) is 17.8. The number of halogens is 2. The molecule has 2 aliphatic rings. The highest BCUT2D eigenvalue weighted by atomic mass is 19.1. The highest BCUT2D eigenvalue weighted by Crippen LogP contribution is 2.37. The molecule has 53 heavy (non-hydrogen) atoms. The van der Waals surface area contributed by atoms with Crippen LogP contribution in [-0.2, 0) is 25.3 Å². The summed E-state index contributed by atoms with van der Waals surface area (Å²) in [4.78, 5) is 39.8. The SMILES string of the molecule is Cc1c(C(=O)N(c2ccc(F)cc2)c2cnc3c(ccn3C)c2)cc(-c2cc(F)ccc2C(=O)N2CCc3ccccc3C2CN2CCOCC2)n1C. The zero-order valence-electron chi connectivity index (χ0n) is 29.9. The number of amides is 2. The van der Waals surface area contributed by atoms with Gasteiger partial charge in [-0.25, -0.2) is 13.8 Å². The lowest BCUT2D eigenvalue weighted by atomic mass is 9.91. The summed E-state index contributed by atoms with van der Waals surface area (Å²) in [7, 11) is 3.70. The third-order valence-electron chi connectivity index (χ3n) is 10.7. The zero-order chi connectivity index (χ0) is 36.8. The summed E-state index contributed by atoms with van der Waals surface area (Å²) in [5.74, 6) is -1.50. The number of carbonyl (C=O) groups is 2. The summed E-state index contributed by atoms with van der Waals surface area (Å²) in [5, 5.41) is 0.838. The van der Waals surface area contributed by atoms with Gasteiger partial charge in [0.2, 0.25) is 0 Å². The molecule has 270 valence electrons. The predicted octanol–water partition coefficient (Wildman–Crippen LogP) is 7.22. The minimum absolute atomic E-state index is 0.199. The quantitative estimate of drug-likeness (QED) is 0.175. The minimum atomic E-state index is -0.493. The first-order chi connectivity index (χ1) is 25.7. The van der Waals surface area contributed by atoms with Crippen LogP contribution < -0.4 is 4.90 Å². The molecule has 3 aromatic carbocycles. The fraction of sp³-hybridized carbons (Fsp3) is 0.262. The van der Waals surface area contributed by atoms with Crippen molar-refractivity contribution in [2.45, 2.75) is 19.4 Å². The van der Waals surface area contributed by atoms with Gasteiger partial charge in [-0.05, 0) is 85.1 Å². The van der Waals surface area contributed by atoms with Crippen molar-refractivity contribution in [2.24, 2.45) is 14.1 Å². The number of ether oxygens (including phenoxy) is 1.